The van der Waals surface area contributed by atoms with Crippen molar-refractivity contribution in [3.05, 3.63) is 78.9 Å². The topological polar surface area (TPSA) is 114 Å². The van der Waals surface area contributed by atoms with Crippen LogP contribution in [0.3, 0.4) is 0 Å². The highest BCUT2D eigenvalue weighted by atomic mass is 16.3. The number of hydrogen-bond acceptors (Lipinski definition) is 8. The summed E-state index contributed by atoms with van der Waals surface area (Å²) in [4.78, 5) is 22.2. The second-order valence-electron chi connectivity index (χ2n) is 6.79. The van der Waals surface area contributed by atoms with E-state index in [-0.39, 0.29) is 5.75 Å². The number of rotatable bonds is 5. The Morgan fingerprint density at radius 2 is 1.68 bits per heavy atom. The number of benzene rings is 2. The number of nitrogens with one attached hydrogen (secondary N) is 2. The average Bonchev–Trinajstić information content (AvgIpc) is 3.12. The van der Waals surface area contributed by atoms with Crippen molar-refractivity contribution in [1.29, 1.82) is 0 Å². The van der Waals surface area contributed by atoms with Crippen molar-refractivity contribution in [3.8, 4) is 11.6 Å². The molecular formula is C22H18N8O. The van der Waals surface area contributed by atoms with Gasteiger partial charge in [0.25, 0.3) is 0 Å². The van der Waals surface area contributed by atoms with E-state index in [1.165, 1.54) is 0 Å². The van der Waals surface area contributed by atoms with E-state index in [4.69, 9.17) is 4.98 Å². The summed E-state index contributed by atoms with van der Waals surface area (Å²) in [6, 6.07) is 18.2. The smallest absolute Gasteiger partial charge is 0.228 e. The second kappa shape index (κ2) is 7.71. The number of para-hydroxylation sites is 2. The van der Waals surface area contributed by atoms with Gasteiger partial charge < -0.3 is 15.7 Å². The molecule has 0 aliphatic carbocycles. The summed E-state index contributed by atoms with van der Waals surface area (Å²) < 4.78 is 1.91. The molecule has 0 fully saturated rings. The van der Waals surface area contributed by atoms with E-state index in [2.05, 4.69) is 30.6 Å². The molecule has 9 heteroatoms. The van der Waals surface area contributed by atoms with Gasteiger partial charge in [-0.05, 0) is 37.3 Å². The number of hydrogen-bond donors (Lipinski definition) is 3. The van der Waals surface area contributed by atoms with Gasteiger partial charge in [0.1, 0.15) is 23.2 Å². The lowest BCUT2D eigenvalue weighted by Crippen LogP contribution is -2.07. The van der Waals surface area contributed by atoms with E-state index in [1.54, 1.807) is 36.7 Å². The van der Waals surface area contributed by atoms with Crippen molar-refractivity contribution in [2.75, 3.05) is 10.6 Å². The third-order valence-corrected chi connectivity index (χ3v) is 4.52. The van der Waals surface area contributed by atoms with Crippen LogP contribution in [-0.4, -0.2) is 34.6 Å². The third kappa shape index (κ3) is 3.84. The summed E-state index contributed by atoms with van der Waals surface area (Å²) in [6.45, 7) is 1.82. The molecule has 0 saturated carbocycles. The summed E-state index contributed by atoms with van der Waals surface area (Å²) in [5, 5.41) is 16.2. The Morgan fingerprint density at radius 1 is 0.839 bits per heavy atom. The predicted octanol–water partition coefficient (Wildman–Crippen LogP) is 4.11. The van der Waals surface area contributed by atoms with Gasteiger partial charge in [-0.15, -0.1) is 0 Å². The third-order valence-electron chi connectivity index (χ3n) is 4.52. The van der Waals surface area contributed by atoms with Crippen molar-refractivity contribution in [2.24, 2.45) is 0 Å². The molecule has 0 saturated heterocycles. The molecule has 5 rings (SSSR count). The zero-order valence-corrected chi connectivity index (χ0v) is 16.6. The van der Waals surface area contributed by atoms with Crippen molar-refractivity contribution in [3.63, 3.8) is 0 Å². The first-order valence-corrected chi connectivity index (χ1v) is 9.59. The van der Waals surface area contributed by atoms with Crippen molar-refractivity contribution >= 4 is 34.4 Å². The maximum absolute atomic E-state index is 9.82. The van der Waals surface area contributed by atoms with Crippen LogP contribution in [0.25, 0.3) is 16.9 Å². The van der Waals surface area contributed by atoms with Crippen LogP contribution in [0.4, 0.5) is 23.4 Å². The summed E-state index contributed by atoms with van der Waals surface area (Å²) in [7, 11) is 0. The number of nitrogens with zero attached hydrogens (tertiary/aromatic N) is 6. The molecule has 0 amide bonds. The Morgan fingerprint density at radius 3 is 2.52 bits per heavy atom. The summed E-state index contributed by atoms with van der Waals surface area (Å²) in [5.74, 6) is 2.95. The fourth-order valence-corrected chi connectivity index (χ4v) is 3.26. The molecular weight excluding hydrogens is 392 g/mol. The van der Waals surface area contributed by atoms with Gasteiger partial charge in [0, 0.05) is 30.2 Å². The van der Waals surface area contributed by atoms with Crippen LogP contribution in [0.1, 0.15) is 5.82 Å². The van der Waals surface area contributed by atoms with Crippen LogP contribution >= 0.6 is 0 Å². The van der Waals surface area contributed by atoms with Crippen molar-refractivity contribution in [2.45, 2.75) is 6.92 Å². The number of fused-ring (bicyclic) bond motifs is 1. The van der Waals surface area contributed by atoms with Gasteiger partial charge >= 0.3 is 0 Å². The first-order chi connectivity index (χ1) is 15.2. The van der Waals surface area contributed by atoms with Crippen molar-refractivity contribution < 1.29 is 5.11 Å². The van der Waals surface area contributed by atoms with Crippen LogP contribution in [0.2, 0.25) is 0 Å². The lowest BCUT2D eigenvalue weighted by atomic mass is 10.3. The van der Waals surface area contributed by atoms with Crippen LogP contribution in [0.15, 0.2) is 73.1 Å². The van der Waals surface area contributed by atoms with Crippen LogP contribution < -0.4 is 10.6 Å². The lowest BCUT2D eigenvalue weighted by Gasteiger charge is -2.12. The van der Waals surface area contributed by atoms with Gasteiger partial charge in [-0.25, -0.2) is 24.9 Å². The van der Waals surface area contributed by atoms with E-state index in [0.29, 0.717) is 35.0 Å². The number of imidazole rings is 1. The fraction of sp³-hybridized carbons (Fsp3) is 0.0455. The maximum Gasteiger partial charge on any atom is 0.228 e. The highest BCUT2D eigenvalue weighted by Crippen LogP contribution is 2.28. The number of aromatic nitrogens is 6. The first-order valence-electron chi connectivity index (χ1n) is 9.59. The minimum Gasteiger partial charge on any atom is -0.508 e. The monoisotopic (exact) mass is 410 g/mol. The molecule has 9 nitrogen and oxygen atoms in total. The molecule has 3 aromatic heterocycles. The SMILES string of the molecule is Cc1nc(Nc2ncccn2)cc(-n2c(Nc3cccc(O)c3)nc3ccccc32)n1. The van der Waals surface area contributed by atoms with Crippen LogP contribution in [-0.2, 0) is 0 Å². The summed E-state index contributed by atoms with van der Waals surface area (Å²) in [5.41, 5.74) is 2.39. The molecule has 0 radical (unpaired) electrons. The number of aryl methyl sites for hydroxylation is 1. The first kappa shape index (κ1) is 18.5. The Kier molecular flexibility index (Phi) is 4.60. The van der Waals surface area contributed by atoms with Gasteiger partial charge in [-0.2, -0.15) is 0 Å². The van der Waals surface area contributed by atoms with E-state index >= 15 is 0 Å². The number of phenolic OH excluding ortho intramolecular Hbond substituents is 1. The molecule has 3 N–H and O–H groups in total. The molecule has 0 unspecified atom stereocenters. The number of anilines is 4. The molecule has 0 bridgehead atoms. The maximum atomic E-state index is 9.82. The molecule has 3 heterocycles. The second-order valence-corrected chi connectivity index (χ2v) is 6.79. The fourth-order valence-electron chi connectivity index (χ4n) is 3.26. The number of phenols is 1. The van der Waals surface area contributed by atoms with E-state index in [9.17, 15) is 5.11 Å². The van der Waals surface area contributed by atoms with Gasteiger partial charge in [0.05, 0.1) is 11.0 Å². The van der Waals surface area contributed by atoms with Crippen molar-refractivity contribution in [1.82, 2.24) is 29.5 Å². The zero-order valence-electron chi connectivity index (χ0n) is 16.6. The average molecular weight is 410 g/mol. The van der Waals surface area contributed by atoms with E-state index in [1.807, 2.05) is 47.9 Å². The minimum absolute atomic E-state index is 0.167. The lowest BCUT2D eigenvalue weighted by molar-refractivity contribution is 0.475. The molecule has 5 aromatic rings. The highest BCUT2D eigenvalue weighted by molar-refractivity contribution is 5.82. The quantitative estimate of drug-likeness (QED) is 0.397. The summed E-state index contributed by atoms with van der Waals surface area (Å²) in [6.07, 6.45) is 3.32. The van der Waals surface area contributed by atoms with Crippen LogP contribution in [0, 0.1) is 6.92 Å². The molecule has 31 heavy (non-hydrogen) atoms. The van der Waals surface area contributed by atoms with Crippen LogP contribution in [0.5, 0.6) is 5.75 Å². The Labute approximate surface area is 177 Å². The molecule has 2 aromatic carbocycles. The normalized spacial score (nSPS) is 10.9. The Hall–Kier alpha value is -4.53. The van der Waals surface area contributed by atoms with Gasteiger partial charge in [-0.1, -0.05) is 18.2 Å². The zero-order chi connectivity index (χ0) is 21.2. The highest BCUT2D eigenvalue weighted by Gasteiger charge is 2.15. The summed E-state index contributed by atoms with van der Waals surface area (Å²) >= 11 is 0. The molecule has 152 valence electrons. The molecule has 0 aliphatic heterocycles. The molecule has 0 atom stereocenters. The van der Waals surface area contributed by atoms with Gasteiger partial charge in [0.2, 0.25) is 11.9 Å². The van der Waals surface area contributed by atoms with Gasteiger partial charge in [-0.3, -0.25) is 4.57 Å². The van der Waals surface area contributed by atoms with E-state index < -0.39 is 0 Å². The molecule has 0 spiro atoms. The minimum atomic E-state index is 0.167. The molecule has 0 aliphatic rings. The number of aromatic hydroxyl groups is 1. The predicted molar refractivity (Wildman–Crippen MR) is 118 cm³/mol. The van der Waals surface area contributed by atoms with Gasteiger partial charge in [0.15, 0.2) is 0 Å². The standard InChI is InChI=1S/C22H18N8O/c1-14-25-19(29-21-23-10-5-11-24-21)13-20(26-14)30-18-9-3-2-8-17(18)28-22(30)27-15-6-4-7-16(31)12-15/h2-13,31H,1H3,(H,27,28)(H,23,24,25,26,29). The van der Waals surface area contributed by atoms with E-state index in [0.717, 1.165) is 11.0 Å². The Bertz CT molecular complexity index is 1370. The largest absolute Gasteiger partial charge is 0.508 e. The Balaban J connectivity index is 1.62.